The summed E-state index contributed by atoms with van der Waals surface area (Å²) in [5.74, 6) is 0. The summed E-state index contributed by atoms with van der Waals surface area (Å²) in [6.45, 7) is 3.04. The molecule has 4 heteroatoms. The van der Waals surface area contributed by atoms with Crippen molar-refractivity contribution in [2.75, 3.05) is 13.1 Å². The zero-order valence-corrected chi connectivity index (χ0v) is 10.4. The second-order valence-corrected chi connectivity index (χ2v) is 4.91. The maximum atomic E-state index is 5.91. The van der Waals surface area contributed by atoms with Crippen LogP contribution in [0.4, 0.5) is 0 Å². The molecule has 2 aromatic rings. The van der Waals surface area contributed by atoms with Gasteiger partial charge in [0.05, 0.1) is 11.9 Å². The van der Waals surface area contributed by atoms with Gasteiger partial charge in [0.15, 0.2) is 0 Å². The van der Waals surface area contributed by atoms with Crippen LogP contribution in [0.5, 0.6) is 0 Å². The number of hydrogen-bond donors (Lipinski definition) is 1. The lowest BCUT2D eigenvalue weighted by molar-refractivity contribution is 0.327. The van der Waals surface area contributed by atoms with Crippen LogP contribution in [-0.2, 0) is 6.54 Å². The predicted molar refractivity (Wildman–Crippen MR) is 71.4 cm³/mol. The van der Waals surface area contributed by atoms with Gasteiger partial charge in [0, 0.05) is 37.4 Å². The van der Waals surface area contributed by atoms with Gasteiger partial charge in [0.2, 0.25) is 0 Å². The lowest BCUT2D eigenvalue weighted by Crippen LogP contribution is -2.26. The van der Waals surface area contributed by atoms with Crippen molar-refractivity contribution in [3.8, 4) is 5.69 Å². The van der Waals surface area contributed by atoms with E-state index in [9.17, 15) is 0 Å². The molecule has 0 spiro atoms. The second kappa shape index (κ2) is 4.92. The number of para-hydroxylation sites is 1. The third kappa shape index (κ3) is 2.44. The molecule has 94 valence electrons. The maximum Gasteiger partial charge on any atom is 0.0645 e. The lowest BCUT2D eigenvalue weighted by Gasteiger charge is -2.13. The van der Waals surface area contributed by atoms with Gasteiger partial charge < -0.3 is 5.73 Å². The van der Waals surface area contributed by atoms with E-state index in [1.807, 2.05) is 29.1 Å². The molecule has 1 aliphatic heterocycles. The Labute approximate surface area is 107 Å². The van der Waals surface area contributed by atoms with Crippen molar-refractivity contribution in [1.29, 1.82) is 0 Å². The molecule has 1 aromatic carbocycles. The molecule has 0 bridgehead atoms. The van der Waals surface area contributed by atoms with E-state index in [1.54, 1.807) is 0 Å². The van der Waals surface area contributed by atoms with E-state index >= 15 is 0 Å². The molecule has 1 saturated heterocycles. The molecule has 0 amide bonds. The molecule has 1 atom stereocenters. The minimum atomic E-state index is 0.342. The van der Waals surface area contributed by atoms with E-state index in [0.717, 1.165) is 31.7 Å². The first-order valence-corrected chi connectivity index (χ1v) is 6.38. The average molecular weight is 242 g/mol. The highest BCUT2D eigenvalue weighted by Crippen LogP contribution is 2.13. The topological polar surface area (TPSA) is 47.1 Å². The first-order valence-electron chi connectivity index (χ1n) is 6.38. The van der Waals surface area contributed by atoms with E-state index < -0.39 is 0 Å². The number of nitrogens with two attached hydrogens (primary N) is 1. The fourth-order valence-corrected chi connectivity index (χ4v) is 2.43. The number of aromatic nitrogens is 2. The zero-order chi connectivity index (χ0) is 12.4. The Morgan fingerprint density at radius 2 is 2.11 bits per heavy atom. The Hall–Kier alpha value is -1.65. The van der Waals surface area contributed by atoms with Crippen molar-refractivity contribution < 1.29 is 0 Å². The monoisotopic (exact) mass is 242 g/mol. The predicted octanol–water partition coefficient (Wildman–Crippen LogP) is 1.41. The summed E-state index contributed by atoms with van der Waals surface area (Å²) >= 11 is 0. The Bertz CT molecular complexity index is 506. The number of hydrogen-bond acceptors (Lipinski definition) is 3. The van der Waals surface area contributed by atoms with Crippen molar-refractivity contribution in [1.82, 2.24) is 14.7 Å². The van der Waals surface area contributed by atoms with Crippen LogP contribution in [-0.4, -0.2) is 33.8 Å². The second-order valence-electron chi connectivity index (χ2n) is 4.91. The van der Waals surface area contributed by atoms with Crippen LogP contribution in [0.25, 0.3) is 5.69 Å². The van der Waals surface area contributed by atoms with E-state index in [0.29, 0.717) is 6.04 Å². The molecule has 2 heterocycles. The van der Waals surface area contributed by atoms with Crippen molar-refractivity contribution in [2.45, 2.75) is 19.0 Å². The van der Waals surface area contributed by atoms with Gasteiger partial charge >= 0.3 is 0 Å². The van der Waals surface area contributed by atoms with E-state index in [4.69, 9.17) is 5.73 Å². The highest BCUT2D eigenvalue weighted by atomic mass is 15.3. The molecule has 18 heavy (non-hydrogen) atoms. The van der Waals surface area contributed by atoms with Crippen LogP contribution < -0.4 is 5.73 Å². The number of likely N-dealkylation sites (tertiary alicyclic amines) is 1. The van der Waals surface area contributed by atoms with Crippen LogP contribution in [0, 0.1) is 0 Å². The zero-order valence-electron chi connectivity index (χ0n) is 10.4. The highest BCUT2D eigenvalue weighted by molar-refractivity contribution is 5.30. The Morgan fingerprint density at radius 3 is 2.83 bits per heavy atom. The van der Waals surface area contributed by atoms with Gasteiger partial charge in [-0.2, -0.15) is 5.10 Å². The molecular formula is C14H18N4. The fraction of sp³-hybridized carbons (Fsp3) is 0.357. The van der Waals surface area contributed by atoms with Gasteiger partial charge in [-0.25, -0.2) is 4.68 Å². The van der Waals surface area contributed by atoms with Crippen molar-refractivity contribution in [3.63, 3.8) is 0 Å². The third-order valence-corrected chi connectivity index (χ3v) is 3.37. The summed E-state index contributed by atoms with van der Waals surface area (Å²) < 4.78 is 1.92. The van der Waals surface area contributed by atoms with Crippen molar-refractivity contribution in [3.05, 3.63) is 48.3 Å². The van der Waals surface area contributed by atoms with Gasteiger partial charge in [-0.05, 0) is 18.6 Å². The molecule has 1 unspecified atom stereocenters. The molecule has 0 radical (unpaired) electrons. The SMILES string of the molecule is NC1CCN(Cc2cnn(-c3ccccc3)c2)C1. The van der Waals surface area contributed by atoms with Gasteiger partial charge in [-0.1, -0.05) is 18.2 Å². The van der Waals surface area contributed by atoms with E-state index in [1.165, 1.54) is 5.56 Å². The Kier molecular flexibility index (Phi) is 3.13. The quantitative estimate of drug-likeness (QED) is 0.885. The lowest BCUT2D eigenvalue weighted by atomic mass is 10.3. The summed E-state index contributed by atoms with van der Waals surface area (Å²) in [4.78, 5) is 2.39. The van der Waals surface area contributed by atoms with E-state index in [2.05, 4.69) is 28.3 Å². The van der Waals surface area contributed by atoms with Crippen LogP contribution >= 0.6 is 0 Å². The molecule has 1 aromatic heterocycles. The Morgan fingerprint density at radius 1 is 1.28 bits per heavy atom. The molecule has 1 aliphatic rings. The fourth-order valence-electron chi connectivity index (χ4n) is 2.43. The largest absolute Gasteiger partial charge is 0.326 e. The van der Waals surface area contributed by atoms with Gasteiger partial charge in [0.25, 0.3) is 0 Å². The summed E-state index contributed by atoms with van der Waals surface area (Å²) in [5.41, 5.74) is 8.25. The molecule has 1 fully saturated rings. The van der Waals surface area contributed by atoms with Crippen LogP contribution in [0.3, 0.4) is 0 Å². The number of benzene rings is 1. The summed E-state index contributed by atoms with van der Waals surface area (Å²) in [7, 11) is 0. The average Bonchev–Trinajstić information content (AvgIpc) is 3.01. The minimum Gasteiger partial charge on any atom is -0.326 e. The van der Waals surface area contributed by atoms with Gasteiger partial charge in [0.1, 0.15) is 0 Å². The molecular weight excluding hydrogens is 224 g/mol. The highest BCUT2D eigenvalue weighted by Gasteiger charge is 2.19. The first kappa shape index (κ1) is 11.4. The third-order valence-electron chi connectivity index (χ3n) is 3.37. The molecule has 2 N–H and O–H groups in total. The summed E-state index contributed by atoms with van der Waals surface area (Å²) in [6.07, 6.45) is 5.14. The molecule has 3 rings (SSSR count). The maximum absolute atomic E-state index is 5.91. The van der Waals surface area contributed by atoms with Crippen molar-refractivity contribution >= 4 is 0 Å². The van der Waals surface area contributed by atoms with E-state index in [-0.39, 0.29) is 0 Å². The first-order chi connectivity index (χ1) is 8.81. The smallest absolute Gasteiger partial charge is 0.0645 e. The summed E-state index contributed by atoms with van der Waals surface area (Å²) in [6, 6.07) is 10.5. The van der Waals surface area contributed by atoms with Crippen LogP contribution in [0.15, 0.2) is 42.7 Å². The minimum absolute atomic E-state index is 0.342. The van der Waals surface area contributed by atoms with Gasteiger partial charge in [-0.15, -0.1) is 0 Å². The molecule has 4 nitrogen and oxygen atoms in total. The van der Waals surface area contributed by atoms with Crippen molar-refractivity contribution in [2.24, 2.45) is 5.73 Å². The molecule has 0 saturated carbocycles. The van der Waals surface area contributed by atoms with Crippen LogP contribution in [0.1, 0.15) is 12.0 Å². The normalized spacial score (nSPS) is 20.4. The van der Waals surface area contributed by atoms with Gasteiger partial charge in [-0.3, -0.25) is 4.90 Å². The molecule has 0 aliphatic carbocycles. The number of rotatable bonds is 3. The van der Waals surface area contributed by atoms with Crippen LogP contribution in [0.2, 0.25) is 0 Å². The number of nitrogens with zero attached hydrogens (tertiary/aromatic N) is 3. The summed E-state index contributed by atoms with van der Waals surface area (Å²) in [5, 5.41) is 4.41. The Balaban J connectivity index is 1.70. The standard InChI is InChI=1S/C14H18N4/c15-13-6-7-17(11-13)9-12-8-16-18(10-12)14-4-2-1-3-5-14/h1-5,8,10,13H,6-7,9,11,15H2.